The summed E-state index contributed by atoms with van der Waals surface area (Å²) in [5, 5.41) is 44.2. The molecule has 0 saturated heterocycles. The molecule has 0 atom stereocenters. The van der Waals surface area contributed by atoms with E-state index in [2.05, 4.69) is 154 Å². The van der Waals surface area contributed by atoms with Gasteiger partial charge in [0.25, 0.3) is 0 Å². The van der Waals surface area contributed by atoms with Gasteiger partial charge in [0.05, 0.1) is 68.5 Å². The van der Waals surface area contributed by atoms with E-state index in [1.54, 1.807) is 0 Å². The first kappa shape index (κ1) is 40.6. The third kappa shape index (κ3) is 5.51. The predicted molar refractivity (Wildman–Crippen MR) is 286 cm³/mol. The molecule has 0 bridgehead atoms. The number of benzene rings is 10. The SMILES string of the molecule is N#Cc1ccc(N(c2ccc(C#N)cc2)c2ccc3c(c2)C2(c4cc(N(c5ccc(C#N)cc5)c5ccc(C#N)cc5)ccc4-3)c3ccccc3-c3c2ccc2c4cccc5c6ccccc6n(c32)c54)cc1. The Labute approximate surface area is 414 Å². The molecular weight excluding hydrogens is 879 g/mol. The van der Waals surface area contributed by atoms with Crippen LogP contribution in [0.25, 0.3) is 60.3 Å². The summed E-state index contributed by atoms with van der Waals surface area (Å²) in [6, 6.07) is 82.3. The second-order valence-electron chi connectivity index (χ2n) is 18.5. The number of para-hydroxylation sites is 2. The number of nitrogens with zero attached hydrogens (tertiary/aromatic N) is 7. The Kier molecular flexibility index (Phi) is 8.62. The Morgan fingerprint density at radius 1 is 0.319 bits per heavy atom. The summed E-state index contributed by atoms with van der Waals surface area (Å²) in [7, 11) is 0. The fourth-order valence-electron chi connectivity index (χ4n) is 12.1. The van der Waals surface area contributed by atoms with Gasteiger partial charge in [-0.25, -0.2) is 0 Å². The highest BCUT2D eigenvalue weighted by molar-refractivity contribution is 6.26. The normalized spacial score (nSPS) is 12.5. The highest BCUT2D eigenvalue weighted by Crippen LogP contribution is 2.65. The number of hydrogen-bond donors (Lipinski definition) is 0. The number of hydrogen-bond acceptors (Lipinski definition) is 6. The van der Waals surface area contributed by atoms with E-state index in [1.807, 2.05) is 97.1 Å². The van der Waals surface area contributed by atoms with Crippen molar-refractivity contribution in [3.63, 3.8) is 0 Å². The van der Waals surface area contributed by atoms with Gasteiger partial charge in [0.2, 0.25) is 0 Å². The molecular formula is C65H35N7. The maximum Gasteiger partial charge on any atom is 0.0991 e. The minimum atomic E-state index is -0.823. The number of fused-ring (bicyclic) bond motifs is 17. The Bertz CT molecular complexity index is 4140. The summed E-state index contributed by atoms with van der Waals surface area (Å²) >= 11 is 0. The van der Waals surface area contributed by atoms with Crippen LogP contribution < -0.4 is 9.80 Å². The van der Waals surface area contributed by atoms with Gasteiger partial charge < -0.3 is 14.2 Å². The monoisotopic (exact) mass is 913 g/mol. The van der Waals surface area contributed by atoms with E-state index in [-0.39, 0.29) is 0 Å². The third-order valence-corrected chi connectivity index (χ3v) is 15.0. The van der Waals surface area contributed by atoms with Crippen molar-refractivity contribution >= 4 is 72.2 Å². The lowest BCUT2D eigenvalue weighted by molar-refractivity contribution is 0.794. The number of rotatable bonds is 6. The molecule has 1 spiro atoms. The lowest BCUT2D eigenvalue weighted by Gasteiger charge is -2.33. The van der Waals surface area contributed by atoms with E-state index in [4.69, 9.17) is 0 Å². The van der Waals surface area contributed by atoms with Crippen LogP contribution in [0.4, 0.5) is 34.1 Å². The van der Waals surface area contributed by atoms with Crippen LogP contribution >= 0.6 is 0 Å². The van der Waals surface area contributed by atoms with Crippen molar-refractivity contribution in [1.82, 2.24) is 4.40 Å². The van der Waals surface area contributed by atoms with Crippen molar-refractivity contribution < 1.29 is 0 Å². The average Bonchev–Trinajstić information content (AvgIpc) is 4.15. The maximum atomic E-state index is 9.82. The molecule has 2 aromatic heterocycles. The molecule has 0 aliphatic heterocycles. The summed E-state index contributed by atoms with van der Waals surface area (Å²) < 4.78 is 2.50. The van der Waals surface area contributed by atoms with Gasteiger partial charge in [-0.3, -0.25) is 0 Å². The van der Waals surface area contributed by atoms with Crippen LogP contribution in [0.2, 0.25) is 0 Å². The van der Waals surface area contributed by atoms with Crippen LogP contribution in [0.3, 0.4) is 0 Å². The Morgan fingerprint density at radius 3 is 1.24 bits per heavy atom. The molecule has 0 amide bonds. The molecule has 12 aromatic rings. The zero-order valence-electron chi connectivity index (χ0n) is 38.3. The van der Waals surface area contributed by atoms with Crippen molar-refractivity contribution in [1.29, 1.82) is 21.0 Å². The molecule has 0 saturated carbocycles. The van der Waals surface area contributed by atoms with Crippen LogP contribution in [0.1, 0.15) is 44.5 Å². The van der Waals surface area contributed by atoms with E-state index >= 15 is 0 Å². The molecule has 0 N–H and O–H groups in total. The summed E-state index contributed by atoms with van der Waals surface area (Å²) in [6.45, 7) is 0. The molecule has 10 aromatic carbocycles. The molecule has 7 heteroatoms. The van der Waals surface area contributed by atoms with E-state index in [1.165, 1.54) is 60.3 Å². The molecule has 2 heterocycles. The van der Waals surface area contributed by atoms with Crippen molar-refractivity contribution in [2.45, 2.75) is 5.41 Å². The number of aromatic nitrogens is 1. The Morgan fingerprint density at radius 2 is 0.736 bits per heavy atom. The van der Waals surface area contributed by atoms with Gasteiger partial charge in [-0.1, -0.05) is 84.9 Å². The predicted octanol–water partition coefficient (Wildman–Crippen LogP) is 15.6. The smallest absolute Gasteiger partial charge is 0.0991 e. The van der Waals surface area contributed by atoms with Crippen molar-refractivity contribution in [3.8, 4) is 46.5 Å². The quantitative estimate of drug-likeness (QED) is 0.164. The second-order valence-corrected chi connectivity index (χ2v) is 18.5. The number of anilines is 6. The standard InChI is InChI=1S/C65H35N7/c66-36-40-12-20-44(21-13-40)70(45-22-14-41(37-67)15-23-45)48-28-30-50-51-31-29-49(71(46-24-16-42(38-68)17-25-46)47-26-18-43(39-69)19-27-47)35-60(51)65(59(50)34-48)57-10-3-1-7-56(57)62-58(65)33-32-55-54-9-5-8-53-52-6-2-4-11-61(52)72(63(53)54)64(55)62/h1-35H. The van der Waals surface area contributed by atoms with Gasteiger partial charge in [-0.15, -0.1) is 0 Å². The first-order valence-corrected chi connectivity index (χ1v) is 23.7. The Balaban J connectivity index is 1.09. The van der Waals surface area contributed by atoms with Crippen molar-refractivity contribution in [2.75, 3.05) is 9.80 Å². The van der Waals surface area contributed by atoms with E-state index in [0.717, 1.165) is 56.4 Å². The zero-order valence-corrected chi connectivity index (χ0v) is 38.3. The first-order valence-electron chi connectivity index (χ1n) is 23.7. The van der Waals surface area contributed by atoms with Gasteiger partial charge >= 0.3 is 0 Å². The molecule has 2 aliphatic rings. The lowest BCUT2D eigenvalue weighted by Crippen LogP contribution is -2.26. The van der Waals surface area contributed by atoms with Crippen LogP contribution in [0, 0.1) is 45.3 Å². The van der Waals surface area contributed by atoms with Crippen LogP contribution in [-0.4, -0.2) is 4.40 Å². The molecule has 7 nitrogen and oxygen atoms in total. The molecule has 0 fully saturated rings. The largest absolute Gasteiger partial charge is 0.310 e. The van der Waals surface area contributed by atoms with E-state index in [0.29, 0.717) is 22.3 Å². The first-order chi connectivity index (χ1) is 35.5. The summed E-state index contributed by atoms with van der Waals surface area (Å²) in [5.41, 5.74) is 19.6. The Hall–Kier alpha value is -10.4. The summed E-state index contributed by atoms with van der Waals surface area (Å²) in [5.74, 6) is 0. The van der Waals surface area contributed by atoms with Gasteiger partial charge in [0, 0.05) is 61.2 Å². The number of nitriles is 4. The van der Waals surface area contributed by atoms with Crippen molar-refractivity contribution in [3.05, 3.63) is 257 Å². The fourth-order valence-corrected chi connectivity index (χ4v) is 12.1. The van der Waals surface area contributed by atoms with Crippen LogP contribution in [0.15, 0.2) is 212 Å². The lowest BCUT2D eigenvalue weighted by atomic mass is 9.70. The third-order valence-electron chi connectivity index (χ3n) is 15.0. The summed E-state index contributed by atoms with van der Waals surface area (Å²) in [4.78, 5) is 4.40. The molecule has 2 aliphatic carbocycles. The van der Waals surface area contributed by atoms with Gasteiger partial charge in [0.1, 0.15) is 0 Å². The average molecular weight is 914 g/mol. The minimum absolute atomic E-state index is 0.565. The molecule has 14 rings (SSSR count). The fraction of sp³-hybridized carbons (Fsp3) is 0.0154. The van der Waals surface area contributed by atoms with Crippen molar-refractivity contribution in [2.24, 2.45) is 0 Å². The van der Waals surface area contributed by atoms with Gasteiger partial charge in [0.15, 0.2) is 0 Å². The van der Waals surface area contributed by atoms with Gasteiger partial charge in [-0.05, 0) is 166 Å². The molecule has 72 heavy (non-hydrogen) atoms. The molecule has 330 valence electrons. The molecule has 0 radical (unpaired) electrons. The molecule has 0 unspecified atom stereocenters. The van der Waals surface area contributed by atoms with E-state index < -0.39 is 5.41 Å². The van der Waals surface area contributed by atoms with Crippen LogP contribution in [-0.2, 0) is 5.41 Å². The second kappa shape index (κ2) is 15.3. The van der Waals surface area contributed by atoms with E-state index in [9.17, 15) is 21.0 Å². The topological polar surface area (TPSA) is 106 Å². The van der Waals surface area contributed by atoms with Gasteiger partial charge in [-0.2, -0.15) is 21.0 Å². The highest BCUT2D eigenvalue weighted by Gasteiger charge is 2.53. The minimum Gasteiger partial charge on any atom is -0.310 e. The highest BCUT2D eigenvalue weighted by atomic mass is 15.1. The van der Waals surface area contributed by atoms with Crippen LogP contribution in [0.5, 0.6) is 0 Å². The maximum absolute atomic E-state index is 9.82. The summed E-state index contributed by atoms with van der Waals surface area (Å²) in [6.07, 6.45) is 0. The zero-order chi connectivity index (χ0) is 48.2.